The summed E-state index contributed by atoms with van der Waals surface area (Å²) in [6.45, 7) is 1.81. The summed E-state index contributed by atoms with van der Waals surface area (Å²) in [6.07, 6.45) is 1.15. The van der Waals surface area contributed by atoms with Gasteiger partial charge in [0.15, 0.2) is 9.84 Å². The Kier molecular flexibility index (Phi) is 6.34. The molecule has 0 fully saturated rings. The summed E-state index contributed by atoms with van der Waals surface area (Å²) >= 11 is 8.17. The molecule has 1 atom stereocenters. The molecule has 0 radical (unpaired) electrons. The highest BCUT2D eigenvalue weighted by atomic mass is 127. The van der Waals surface area contributed by atoms with Crippen molar-refractivity contribution in [2.24, 2.45) is 0 Å². The fraction of sp³-hybridized carbons (Fsp3) is 0.235. The van der Waals surface area contributed by atoms with Crippen LogP contribution in [0.15, 0.2) is 41.3 Å². The van der Waals surface area contributed by atoms with Crippen molar-refractivity contribution in [3.05, 3.63) is 56.1 Å². The first-order valence-corrected chi connectivity index (χ1v) is 10.6. The maximum Gasteiger partial charge on any atom is 0.255 e. The van der Waals surface area contributed by atoms with Gasteiger partial charge in [0.2, 0.25) is 0 Å². The van der Waals surface area contributed by atoms with Crippen LogP contribution in [0.1, 0.15) is 28.9 Å². The van der Waals surface area contributed by atoms with E-state index in [1.54, 1.807) is 24.3 Å². The maximum absolute atomic E-state index is 12.5. The van der Waals surface area contributed by atoms with Crippen LogP contribution in [-0.2, 0) is 9.84 Å². The van der Waals surface area contributed by atoms with Gasteiger partial charge in [0.1, 0.15) is 5.75 Å². The molecule has 2 rings (SSSR count). The van der Waals surface area contributed by atoms with Crippen molar-refractivity contribution >= 4 is 49.9 Å². The van der Waals surface area contributed by atoms with Crippen LogP contribution < -0.4 is 10.1 Å². The van der Waals surface area contributed by atoms with E-state index in [4.69, 9.17) is 16.3 Å². The van der Waals surface area contributed by atoms with E-state index < -0.39 is 9.84 Å². The molecular weight excluding hydrogens is 477 g/mol. The number of carbonyl (C=O) groups excluding carboxylic acids is 1. The minimum atomic E-state index is -3.25. The number of hydrogen-bond donors (Lipinski definition) is 1. The van der Waals surface area contributed by atoms with Crippen molar-refractivity contribution < 1.29 is 17.9 Å². The molecule has 1 N–H and O–H groups in total. The number of halogens is 2. The molecule has 0 saturated heterocycles. The Morgan fingerprint density at radius 3 is 2.36 bits per heavy atom. The zero-order chi connectivity index (χ0) is 18.8. The zero-order valence-electron chi connectivity index (χ0n) is 13.8. The van der Waals surface area contributed by atoms with Crippen LogP contribution in [0.5, 0.6) is 5.75 Å². The summed E-state index contributed by atoms with van der Waals surface area (Å²) in [5.41, 5.74) is 1.13. The summed E-state index contributed by atoms with van der Waals surface area (Å²) in [7, 11) is -1.76. The number of methoxy groups -OCH3 is 1. The molecule has 0 aliphatic heterocycles. The fourth-order valence-electron chi connectivity index (χ4n) is 2.24. The van der Waals surface area contributed by atoms with Gasteiger partial charge in [0.05, 0.1) is 28.6 Å². The first-order valence-electron chi connectivity index (χ1n) is 7.27. The lowest BCUT2D eigenvalue weighted by Crippen LogP contribution is -2.27. The van der Waals surface area contributed by atoms with Gasteiger partial charge in [-0.3, -0.25) is 4.79 Å². The number of nitrogens with one attached hydrogen (secondary N) is 1. The first kappa shape index (κ1) is 20.0. The average molecular weight is 494 g/mol. The van der Waals surface area contributed by atoms with Gasteiger partial charge >= 0.3 is 0 Å². The number of rotatable bonds is 5. The molecule has 2 aromatic carbocycles. The van der Waals surface area contributed by atoms with Crippen LogP contribution in [0.3, 0.4) is 0 Å². The lowest BCUT2D eigenvalue weighted by Gasteiger charge is -2.16. The Morgan fingerprint density at radius 2 is 1.84 bits per heavy atom. The van der Waals surface area contributed by atoms with Crippen molar-refractivity contribution in [3.8, 4) is 5.75 Å². The molecular formula is C17H17ClINO4S. The molecule has 0 saturated carbocycles. The van der Waals surface area contributed by atoms with Crippen LogP contribution in [0, 0.1) is 3.57 Å². The third-order valence-electron chi connectivity index (χ3n) is 3.64. The predicted octanol–water partition coefficient (Wildman–Crippen LogP) is 3.85. The molecule has 2 aromatic rings. The van der Waals surface area contributed by atoms with Gasteiger partial charge in [-0.2, -0.15) is 0 Å². The molecule has 0 heterocycles. The van der Waals surface area contributed by atoms with Gasteiger partial charge < -0.3 is 10.1 Å². The van der Waals surface area contributed by atoms with Gasteiger partial charge in [-0.05, 0) is 59.3 Å². The van der Waals surface area contributed by atoms with Crippen LogP contribution in [0.2, 0.25) is 5.02 Å². The monoisotopic (exact) mass is 493 g/mol. The van der Waals surface area contributed by atoms with Crippen LogP contribution in [-0.4, -0.2) is 27.7 Å². The average Bonchev–Trinajstić information content (AvgIpc) is 2.56. The molecule has 0 spiro atoms. The molecule has 1 unspecified atom stereocenters. The summed E-state index contributed by atoms with van der Waals surface area (Å²) in [5, 5.41) is 3.33. The first-order chi connectivity index (χ1) is 11.6. The summed E-state index contributed by atoms with van der Waals surface area (Å²) in [6, 6.07) is 9.36. The summed E-state index contributed by atoms with van der Waals surface area (Å²) in [4.78, 5) is 12.8. The van der Waals surface area contributed by atoms with E-state index in [9.17, 15) is 13.2 Å². The number of ether oxygens (including phenoxy) is 1. The van der Waals surface area contributed by atoms with E-state index in [-0.39, 0.29) is 16.8 Å². The largest absolute Gasteiger partial charge is 0.496 e. The Hall–Kier alpha value is -1.32. The summed E-state index contributed by atoms with van der Waals surface area (Å²) < 4.78 is 29.1. The van der Waals surface area contributed by atoms with Gasteiger partial charge in [-0.15, -0.1) is 0 Å². The minimum Gasteiger partial charge on any atom is -0.496 e. The minimum absolute atomic E-state index is 0.237. The van der Waals surface area contributed by atoms with Crippen molar-refractivity contribution in [2.45, 2.75) is 17.9 Å². The van der Waals surface area contributed by atoms with Gasteiger partial charge in [-0.25, -0.2) is 8.42 Å². The number of benzene rings is 2. The van der Waals surface area contributed by atoms with Crippen LogP contribution in [0.25, 0.3) is 0 Å². The smallest absolute Gasteiger partial charge is 0.255 e. The van der Waals surface area contributed by atoms with E-state index >= 15 is 0 Å². The van der Waals surface area contributed by atoms with E-state index in [1.165, 1.54) is 19.2 Å². The second-order valence-corrected chi connectivity index (χ2v) is 9.09. The van der Waals surface area contributed by atoms with Crippen molar-refractivity contribution in [1.29, 1.82) is 0 Å². The maximum atomic E-state index is 12.5. The normalized spacial score (nSPS) is 12.5. The second-order valence-electron chi connectivity index (χ2n) is 5.50. The van der Waals surface area contributed by atoms with Gasteiger partial charge in [0.25, 0.3) is 5.91 Å². The molecule has 134 valence electrons. The van der Waals surface area contributed by atoms with E-state index in [1.807, 2.05) is 6.92 Å². The summed E-state index contributed by atoms with van der Waals surface area (Å²) in [5.74, 6) is 0.112. The lowest BCUT2D eigenvalue weighted by atomic mass is 10.1. The topological polar surface area (TPSA) is 72.5 Å². The molecule has 0 aliphatic carbocycles. The van der Waals surface area contributed by atoms with Crippen molar-refractivity contribution in [3.63, 3.8) is 0 Å². The highest BCUT2D eigenvalue weighted by molar-refractivity contribution is 14.1. The Bertz CT molecular complexity index is 898. The lowest BCUT2D eigenvalue weighted by molar-refractivity contribution is 0.0937. The predicted molar refractivity (Wildman–Crippen MR) is 106 cm³/mol. The van der Waals surface area contributed by atoms with Crippen LogP contribution >= 0.6 is 34.2 Å². The third-order valence-corrected chi connectivity index (χ3v) is 6.30. The van der Waals surface area contributed by atoms with E-state index in [0.29, 0.717) is 16.3 Å². The van der Waals surface area contributed by atoms with E-state index in [2.05, 4.69) is 27.9 Å². The molecule has 1 amide bonds. The zero-order valence-corrected chi connectivity index (χ0v) is 17.6. The van der Waals surface area contributed by atoms with Crippen molar-refractivity contribution in [1.82, 2.24) is 5.32 Å². The van der Waals surface area contributed by atoms with E-state index in [0.717, 1.165) is 15.4 Å². The van der Waals surface area contributed by atoms with Gasteiger partial charge in [0, 0.05) is 9.83 Å². The quantitative estimate of drug-likeness (QED) is 0.642. The third kappa shape index (κ3) is 4.86. The molecule has 0 aliphatic rings. The second kappa shape index (κ2) is 7.92. The number of amides is 1. The molecule has 0 bridgehead atoms. The highest BCUT2D eigenvalue weighted by Crippen LogP contribution is 2.28. The van der Waals surface area contributed by atoms with Gasteiger partial charge in [-0.1, -0.05) is 23.7 Å². The SMILES string of the molecule is COc1cc(I)c(Cl)cc1C(=O)NC(C)c1ccc(S(C)(=O)=O)cc1. The molecule has 25 heavy (non-hydrogen) atoms. The molecule has 0 aromatic heterocycles. The Labute approximate surface area is 165 Å². The number of hydrogen-bond acceptors (Lipinski definition) is 4. The molecule has 5 nitrogen and oxygen atoms in total. The Morgan fingerprint density at radius 1 is 1.24 bits per heavy atom. The standard InChI is InChI=1S/C17H17ClINO4S/c1-10(11-4-6-12(7-5-11)25(3,22)23)20-17(21)13-8-14(18)15(19)9-16(13)24-2/h4-10H,1-3H3,(H,20,21). The highest BCUT2D eigenvalue weighted by Gasteiger charge is 2.18. The molecule has 8 heteroatoms. The van der Waals surface area contributed by atoms with Crippen molar-refractivity contribution in [2.75, 3.05) is 13.4 Å². The number of sulfone groups is 1. The fourth-order valence-corrected chi connectivity index (χ4v) is 3.47. The van der Waals surface area contributed by atoms with Crippen LogP contribution in [0.4, 0.5) is 0 Å². The Balaban J connectivity index is 2.22. The number of carbonyl (C=O) groups is 1.